The topological polar surface area (TPSA) is 55.8 Å². The van der Waals surface area contributed by atoms with Gasteiger partial charge >= 0.3 is 11.9 Å². The van der Waals surface area contributed by atoms with Crippen molar-refractivity contribution in [3.63, 3.8) is 0 Å². The van der Waals surface area contributed by atoms with Crippen molar-refractivity contribution < 1.29 is 19.1 Å². The zero-order valence-electron chi connectivity index (χ0n) is 26.9. The summed E-state index contributed by atoms with van der Waals surface area (Å²) in [6, 6.07) is 0. The molecule has 0 N–H and O–H groups in total. The Bertz CT molecular complexity index is 657. The van der Waals surface area contributed by atoms with Gasteiger partial charge < -0.3 is 9.47 Å². The Balaban J connectivity index is 4.30. The second kappa shape index (κ2) is 21.2. The number of esters is 2. The molecule has 5 nitrogen and oxygen atoms in total. The van der Waals surface area contributed by atoms with Gasteiger partial charge in [0.25, 0.3) is 0 Å². The number of hydrogen-bond donors (Lipinski definition) is 0. The number of hydrogen-bond acceptors (Lipinski definition) is 5. The molecule has 0 unspecified atom stereocenters. The summed E-state index contributed by atoms with van der Waals surface area (Å²) in [7, 11) is 0. The molecule has 0 saturated heterocycles. The van der Waals surface area contributed by atoms with E-state index in [0.29, 0.717) is 24.2 Å². The molecule has 0 aliphatic heterocycles. The van der Waals surface area contributed by atoms with Gasteiger partial charge in [0.05, 0.1) is 0 Å². The van der Waals surface area contributed by atoms with Crippen molar-refractivity contribution in [2.24, 2.45) is 0 Å². The van der Waals surface area contributed by atoms with Gasteiger partial charge in [-0.05, 0) is 54.5 Å². The van der Waals surface area contributed by atoms with Crippen molar-refractivity contribution in [3.8, 4) is 0 Å². The fraction of sp³-hybridized carbons (Fsp3) is 0.824. The van der Waals surface area contributed by atoms with Gasteiger partial charge in [-0.25, -0.2) is 9.59 Å². The van der Waals surface area contributed by atoms with Crippen LogP contribution in [-0.2, 0) is 19.1 Å². The monoisotopic (exact) mass is 549 g/mol. The van der Waals surface area contributed by atoms with Crippen molar-refractivity contribution in [3.05, 3.63) is 24.3 Å². The van der Waals surface area contributed by atoms with Crippen LogP contribution in [0.25, 0.3) is 0 Å². The van der Waals surface area contributed by atoms with Gasteiger partial charge in [0, 0.05) is 24.2 Å². The van der Waals surface area contributed by atoms with Gasteiger partial charge in [-0.3, -0.25) is 4.90 Å². The first-order chi connectivity index (χ1) is 18.2. The van der Waals surface area contributed by atoms with E-state index in [1.54, 1.807) is 0 Å². The van der Waals surface area contributed by atoms with Gasteiger partial charge in [0.1, 0.15) is 11.2 Å². The Labute approximate surface area is 242 Å². The lowest BCUT2D eigenvalue weighted by Gasteiger charge is -2.26. The van der Waals surface area contributed by atoms with Crippen LogP contribution >= 0.6 is 0 Å². The van der Waals surface area contributed by atoms with E-state index in [9.17, 15) is 9.59 Å². The molecule has 0 atom stereocenters. The van der Waals surface area contributed by atoms with E-state index in [1.807, 2.05) is 41.5 Å². The van der Waals surface area contributed by atoms with Gasteiger partial charge in [0.15, 0.2) is 0 Å². The normalized spacial score (nSPS) is 12.0. The molecule has 0 radical (unpaired) electrons. The molecule has 39 heavy (non-hydrogen) atoms. The molecule has 0 heterocycles. The highest BCUT2D eigenvalue weighted by Gasteiger charge is 2.23. The third kappa shape index (κ3) is 23.9. The van der Waals surface area contributed by atoms with Crippen LogP contribution in [0.2, 0.25) is 0 Å². The molecule has 0 spiro atoms. The van der Waals surface area contributed by atoms with Crippen LogP contribution in [0, 0.1) is 0 Å². The summed E-state index contributed by atoms with van der Waals surface area (Å²) in [4.78, 5) is 27.0. The van der Waals surface area contributed by atoms with Crippen LogP contribution in [0.3, 0.4) is 0 Å². The smallest absolute Gasteiger partial charge is 0.335 e. The van der Waals surface area contributed by atoms with Crippen molar-refractivity contribution in [1.29, 1.82) is 0 Å². The maximum atomic E-state index is 12.5. The summed E-state index contributed by atoms with van der Waals surface area (Å²) >= 11 is 0. The average molecular weight is 550 g/mol. The minimum Gasteiger partial charge on any atom is -0.457 e. The SMILES string of the molecule is C=C(CN(CCCCCCCCCCCCCCCCCC)CC(=C)C(=O)OC(C)(C)C)C(=O)OC(C)(C)C. The van der Waals surface area contributed by atoms with Crippen molar-refractivity contribution in [2.45, 2.75) is 162 Å². The van der Waals surface area contributed by atoms with Gasteiger partial charge in [-0.1, -0.05) is 116 Å². The number of carbonyl (C=O) groups excluding carboxylic acids is 2. The van der Waals surface area contributed by atoms with Gasteiger partial charge in [0.2, 0.25) is 0 Å². The third-order valence-corrected chi connectivity index (χ3v) is 6.53. The minimum atomic E-state index is -0.571. The number of ether oxygens (including phenoxy) is 2. The van der Waals surface area contributed by atoms with Crippen LogP contribution in [0.5, 0.6) is 0 Å². The maximum absolute atomic E-state index is 12.5. The predicted octanol–water partition coefficient (Wildman–Crippen LogP) is 9.35. The standard InChI is InChI=1S/C34H63NO4/c1-10-11-12-13-14-15-16-17-18-19-20-21-22-23-24-25-26-35(27-29(2)31(36)38-33(4,5)6)28-30(3)32(37)39-34(7,8)9/h2-3,10-28H2,1,4-9H3. The summed E-state index contributed by atoms with van der Waals surface area (Å²) in [5.74, 6) is -0.801. The van der Waals surface area contributed by atoms with Crippen LogP contribution < -0.4 is 0 Å². The fourth-order valence-electron chi connectivity index (χ4n) is 4.47. The Morgan fingerprint density at radius 3 is 1.10 bits per heavy atom. The highest BCUT2D eigenvalue weighted by Crippen LogP contribution is 2.16. The first kappa shape index (κ1) is 37.4. The molecule has 0 saturated carbocycles. The lowest BCUT2D eigenvalue weighted by atomic mass is 10.0. The van der Waals surface area contributed by atoms with Crippen molar-refractivity contribution >= 4 is 11.9 Å². The van der Waals surface area contributed by atoms with E-state index >= 15 is 0 Å². The van der Waals surface area contributed by atoms with Crippen molar-refractivity contribution in [1.82, 2.24) is 4.90 Å². The van der Waals surface area contributed by atoms with Crippen molar-refractivity contribution in [2.75, 3.05) is 19.6 Å². The van der Waals surface area contributed by atoms with E-state index in [0.717, 1.165) is 19.4 Å². The van der Waals surface area contributed by atoms with Gasteiger partial charge in [-0.15, -0.1) is 0 Å². The largest absolute Gasteiger partial charge is 0.457 e. The minimum absolute atomic E-state index is 0.343. The summed E-state index contributed by atoms with van der Waals surface area (Å²) in [6.07, 6.45) is 21.2. The average Bonchev–Trinajstić information content (AvgIpc) is 2.81. The summed E-state index contributed by atoms with van der Waals surface area (Å²) in [6.45, 7) is 22.7. The number of carbonyl (C=O) groups is 2. The van der Waals surface area contributed by atoms with Crippen LogP contribution in [-0.4, -0.2) is 47.7 Å². The van der Waals surface area contributed by atoms with Gasteiger partial charge in [-0.2, -0.15) is 0 Å². The summed E-state index contributed by atoms with van der Waals surface area (Å²) in [5.41, 5.74) is -0.366. The highest BCUT2D eigenvalue weighted by atomic mass is 16.6. The molecule has 0 rings (SSSR count). The van der Waals surface area contributed by atoms with E-state index in [2.05, 4.69) is 25.0 Å². The lowest BCUT2D eigenvalue weighted by molar-refractivity contribution is -0.150. The second-order valence-corrected chi connectivity index (χ2v) is 13.2. The van der Waals surface area contributed by atoms with Crippen LogP contribution in [0.1, 0.15) is 151 Å². The zero-order chi connectivity index (χ0) is 29.7. The molecule has 0 aromatic rings. The molecular weight excluding hydrogens is 486 g/mol. The highest BCUT2D eigenvalue weighted by molar-refractivity contribution is 5.89. The Morgan fingerprint density at radius 2 is 0.821 bits per heavy atom. The van der Waals surface area contributed by atoms with Crippen LogP contribution in [0.15, 0.2) is 24.3 Å². The number of rotatable bonds is 23. The van der Waals surface area contributed by atoms with E-state index in [4.69, 9.17) is 9.47 Å². The molecule has 0 aromatic heterocycles. The maximum Gasteiger partial charge on any atom is 0.335 e. The number of unbranched alkanes of at least 4 members (excludes halogenated alkanes) is 15. The Morgan fingerprint density at radius 1 is 0.538 bits per heavy atom. The molecule has 0 fully saturated rings. The first-order valence-corrected chi connectivity index (χ1v) is 15.8. The quantitative estimate of drug-likeness (QED) is 0.0722. The lowest BCUT2D eigenvalue weighted by Crippen LogP contribution is -2.35. The molecule has 5 heteroatoms. The molecular formula is C34H63NO4. The van der Waals surface area contributed by atoms with E-state index in [-0.39, 0.29) is 0 Å². The molecule has 0 aliphatic rings. The Hall–Kier alpha value is -1.62. The molecule has 228 valence electrons. The zero-order valence-corrected chi connectivity index (χ0v) is 26.9. The van der Waals surface area contributed by atoms with E-state index in [1.165, 1.54) is 89.9 Å². The molecule has 0 aliphatic carbocycles. The second-order valence-electron chi connectivity index (χ2n) is 13.2. The third-order valence-electron chi connectivity index (χ3n) is 6.53. The number of nitrogens with zero attached hydrogens (tertiary/aromatic N) is 1. The molecule has 0 bridgehead atoms. The fourth-order valence-corrected chi connectivity index (χ4v) is 4.47. The predicted molar refractivity (Wildman–Crippen MR) is 166 cm³/mol. The molecule has 0 aromatic carbocycles. The first-order valence-electron chi connectivity index (χ1n) is 15.8. The Kier molecular flexibility index (Phi) is 20.3. The molecule has 0 amide bonds. The van der Waals surface area contributed by atoms with E-state index < -0.39 is 23.1 Å². The van der Waals surface area contributed by atoms with Crippen LogP contribution in [0.4, 0.5) is 0 Å². The summed E-state index contributed by atoms with van der Waals surface area (Å²) < 4.78 is 10.9. The summed E-state index contributed by atoms with van der Waals surface area (Å²) in [5, 5.41) is 0.